The molecule has 0 radical (unpaired) electrons. The van der Waals surface area contributed by atoms with E-state index in [4.69, 9.17) is 5.73 Å². The van der Waals surface area contributed by atoms with E-state index in [9.17, 15) is 4.39 Å². The maximum absolute atomic E-state index is 13.6. The van der Waals surface area contributed by atoms with Crippen LogP contribution in [0, 0.1) is 5.82 Å². The molecule has 1 heterocycles. The Hall–Kier alpha value is -1.97. The molecule has 0 atom stereocenters. The molecule has 0 aliphatic carbocycles. The molecule has 16 heavy (non-hydrogen) atoms. The molecule has 1 aliphatic heterocycles. The first-order valence-electron chi connectivity index (χ1n) is 5.16. The highest BCUT2D eigenvalue weighted by Gasteiger charge is 2.09. The van der Waals surface area contributed by atoms with E-state index >= 15 is 0 Å². The van der Waals surface area contributed by atoms with Crippen LogP contribution in [0.1, 0.15) is 6.92 Å². The van der Waals surface area contributed by atoms with E-state index in [0.717, 1.165) is 6.54 Å². The van der Waals surface area contributed by atoms with Gasteiger partial charge in [0.15, 0.2) is 0 Å². The molecule has 0 amide bonds. The fourth-order valence-electron chi connectivity index (χ4n) is 1.52. The normalized spacial score (nSPS) is 14.6. The van der Waals surface area contributed by atoms with Gasteiger partial charge in [-0.1, -0.05) is 0 Å². The number of nitrogen functional groups attached to an aromatic ring is 1. The summed E-state index contributed by atoms with van der Waals surface area (Å²) >= 11 is 0. The van der Waals surface area contributed by atoms with Crippen LogP contribution >= 0.6 is 0 Å². The second-order valence-electron chi connectivity index (χ2n) is 3.54. The van der Waals surface area contributed by atoms with Crippen LogP contribution in [-0.4, -0.2) is 11.4 Å². The highest BCUT2D eigenvalue weighted by Crippen LogP contribution is 2.23. The monoisotopic (exact) mass is 219 g/mol. The van der Waals surface area contributed by atoms with E-state index in [2.05, 4.69) is 0 Å². The van der Waals surface area contributed by atoms with Crippen LogP contribution in [0.4, 0.5) is 15.8 Å². The molecule has 0 saturated heterocycles. The van der Waals surface area contributed by atoms with E-state index in [1.54, 1.807) is 17.0 Å². The van der Waals surface area contributed by atoms with Gasteiger partial charge in [0.2, 0.25) is 0 Å². The standard InChI is InChI=1S/C12H14FN3/c1-2-15-5-7-16(8-6-15)12-4-3-10(14)9-11(12)13/h3-9H,2,14H2,1H3. The quantitative estimate of drug-likeness (QED) is 0.776. The maximum Gasteiger partial charge on any atom is 0.149 e. The molecule has 4 heteroatoms. The van der Waals surface area contributed by atoms with E-state index in [0.29, 0.717) is 11.4 Å². The van der Waals surface area contributed by atoms with Crippen LogP contribution < -0.4 is 10.6 Å². The van der Waals surface area contributed by atoms with E-state index < -0.39 is 0 Å². The van der Waals surface area contributed by atoms with Gasteiger partial charge in [0, 0.05) is 37.0 Å². The van der Waals surface area contributed by atoms with Crippen molar-refractivity contribution in [3.63, 3.8) is 0 Å². The summed E-state index contributed by atoms with van der Waals surface area (Å²) < 4.78 is 13.6. The number of hydrogen-bond acceptors (Lipinski definition) is 3. The number of anilines is 2. The van der Waals surface area contributed by atoms with Gasteiger partial charge in [-0.3, -0.25) is 0 Å². The lowest BCUT2D eigenvalue weighted by molar-refractivity contribution is 0.526. The van der Waals surface area contributed by atoms with Crippen molar-refractivity contribution in [1.29, 1.82) is 0 Å². The molecular formula is C12H14FN3. The summed E-state index contributed by atoms with van der Waals surface area (Å²) in [4.78, 5) is 3.73. The molecule has 2 N–H and O–H groups in total. The van der Waals surface area contributed by atoms with Gasteiger partial charge >= 0.3 is 0 Å². The van der Waals surface area contributed by atoms with Crippen LogP contribution in [0.25, 0.3) is 0 Å². The molecule has 0 spiro atoms. The Labute approximate surface area is 94.3 Å². The smallest absolute Gasteiger partial charge is 0.149 e. The summed E-state index contributed by atoms with van der Waals surface area (Å²) in [6.07, 6.45) is 7.43. The molecule has 0 unspecified atom stereocenters. The number of hydrogen-bond donors (Lipinski definition) is 1. The van der Waals surface area contributed by atoms with E-state index in [1.807, 2.05) is 36.6 Å². The average molecular weight is 219 g/mol. The Morgan fingerprint density at radius 3 is 2.44 bits per heavy atom. The van der Waals surface area contributed by atoms with Gasteiger partial charge < -0.3 is 15.5 Å². The van der Waals surface area contributed by atoms with Crippen LogP contribution in [-0.2, 0) is 0 Å². The largest absolute Gasteiger partial charge is 0.399 e. The lowest BCUT2D eigenvalue weighted by Gasteiger charge is -2.24. The zero-order valence-corrected chi connectivity index (χ0v) is 9.10. The summed E-state index contributed by atoms with van der Waals surface area (Å²) in [6, 6.07) is 4.68. The Morgan fingerprint density at radius 2 is 1.88 bits per heavy atom. The Balaban J connectivity index is 2.24. The minimum Gasteiger partial charge on any atom is -0.399 e. The summed E-state index contributed by atoms with van der Waals surface area (Å²) in [7, 11) is 0. The molecule has 1 aliphatic rings. The number of halogens is 1. The van der Waals surface area contributed by atoms with Crippen LogP contribution in [0.2, 0.25) is 0 Å². The number of rotatable bonds is 2. The third kappa shape index (κ3) is 2.00. The fourth-order valence-corrected chi connectivity index (χ4v) is 1.52. The van der Waals surface area contributed by atoms with Crippen LogP contribution in [0.5, 0.6) is 0 Å². The lowest BCUT2D eigenvalue weighted by Crippen LogP contribution is -2.19. The summed E-state index contributed by atoms with van der Waals surface area (Å²) in [5.74, 6) is -0.320. The summed E-state index contributed by atoms with van der Waals surface area (Å²) in [5.41, 5.74) is 6.43. The SMILES string of the molecule is CCN1C=CN(c2ccc(N)cc2F)C=C1. The van der Waals surface area contributed by atoms with Crippen LogP contribution in [0.15, 0.2) is 43.0 Å². The van der Waals surface area contributed by atoms with Crippen molar-refractivity contribution in [2.75, 3.05) is 17.2 Å². The minimum atomic E-state index is -0.320. The third-order valence-electron chi connectivity index (χ3n) is 2.45. The lowest BCUT2D eigenvalue weighted by atomic mass is 10.2. The van der Waals surface area contributed by atoms with Crippen molar-refractivity contribution in [2.24, 2.45) is 0 Å². The molecule has 2 rings (SSSR count). The second-order valence-corrected chi connectivity index (χ2v) is 3.54. The van der Waals surface area contributed by atoms with Gasteiger partial charge in [-0.2, -0.15) is 0 Å². The minimum absolute atomic E-state index is 0.320. The van der Waals surface area contributed by atoms with E-state index in [1.165, 1.54) is 6.07 Å². The van der Waals surface area contributed by atoms with Gasteiger partial charge in [0.25, 0.3) is 0 Å². The zero-order chi connectivity index (χ0) is 11.5. The van der Waals surface area contributed by atoms with Crippen molar-refractivity contribution < 1.29 is 4.39 Å². The van der Waals surface area contributed by atoms with Crippen LogP contribution in [0.3, 0.4) is 0 Å². The average Bonchev–Trinajstić information content (AvgIpc) is 2.29. The first-order valence-corrected chi connectivity index (χ1v) is 5.16. The van der Waals surface area contributed by atoms with Crippen molar-refractivity contribution in [1.82, 2.24) is 4.90 Å². The van der Waals surface area contributed by atoms with Gasteiger partial charge in [0.1, 0.15) is 5.82 Å². The first-order chi connectivity index (χ1) is 7.70. The Bertz CT molecular complexity index is 426. The van der Waals surface area contributed by atoms with Crippen molar-refractivity contribution in [3.05, 3.63) is 48.8 Å². The maximum atomic E-state index is 13.6. The van der Waals surface area contributed by atoms with Crippen molar-refractivity contribution >= 4 is 11.4 Å². The molecule has 84 valence electrons. The molecule has 0 fully saturated rings. The molecule has 3 nitrogen and oxygen atoms in total. The Morgan fingerprint density at radius 1 is 1.19 bits per heavy atom. The highest BCUT2D eigenvalue weighted by molar-refractivity contribution is 5.58. The molecule has 0 bridgehead atoms. The number of benzene rings is 1. The molecule has 1 aromatic rings. The second kappa shape index (κ2) is 4.26. The molecule has 1 aromatic carbocycles. The zero-order valence-electron chi connectivity index (χ0n) is 9.10. The number of nitrogens with zero attached hydrogens (tertiary/aromatic N) is 2. The first kappa shape index (κ1) is 10.5. The van der Waals surface area contributed by atoms with Crippen molar-refractivity contribution in [2.45, 2.75) is 6.92 Å². The number of nitrogens with two attached hydrogens (primary N) is 1. The van der Waals surface area contributed by atoms with Gasteiger partial charge in [0.05, 0.1) is 5.69 Å². The Kier molecular flexibility index (Phi) is 2.81. The topological polar surface area (TPSA) is 32.5 Å². The molecule has 0 aromatic heterocycles. The highest BCUT2D eigenvalue weighted by atomic mass is 19.1. The predicted molar refractivity (Wildman–Crippen MR) is 64.0 cm³/mol. The fraction of sp³-hybridized carbons (Fsp3) is 0.167. The van der Waals surface area contributed by atoms with Gasteiger partial charge in [-0.05, 0) is 25.1 Å². The predicted octanol–water partition coefficient (Wildman–Crippen LogP) is 2.49. The summed E-state index contributed by atoms with van der Waals surface area (Å²) in [5, 5.41) is 0. The van der Waals surface area contributed by atoms with Gasteiger partial charge in [-0.25, -0.2) is 4.39 Å². The molecule has 0 saturated carbocycles. The van der Waals surface area contributed by atoms with Crippen molar-refractivity contribution in [3.8, 4) is 0 Å². The third-order valence-corrected chi connectivity index (χ3v) is 2.45. The van der Waals surface area contributed by atoms with E-state index in [-0.39, 0.29) is 5.82 Å². The molecular weight excluding hydrogens is 205 g/mol. The van der Waals surface area contributed by atoms with Gasteiger partial charge in [-0.15, -0.1) is 0 Å². The summed E-state index contributed by atoms with van der Waals surface area (Å²) in [6.45, 7) is 2.94.